The molecule has 1 atom stereocenters. The van der Waals surface area contributed by atoms with Crippen LogP contribution < -0.4 is 10.5 Å². The molecule has 1 unspecified atom stereocenters. The number of alkyl halides is 3. The summed E-state index contributed by atoms with van der Waals surface area (Å²) in [5, 5.41) is 0. The van der Waals surface area contributed by atoms with Crippen LogP contribution >= 0.6 is 12.2 Å². The summed E-state index contributed by atoms with van der Waals surface area (Å²) >= 11 is 4.69. The van der Waals surface area contributed by atoms with E-state index in [4.69, 9.17) is 5.73 Å². The maximum atomic E-state index is 12.0. The molecule has 0 saturated carbocycles. The Balaban J connectivity index is 4.68. The van der Waals surface area contributed by atoms with E-state index in [9.17, 15) is 21.6 Å². The number of rotatable bonds is 7. The minimum absolute atomic E-state index is 0.0279. The number of halogens is 3. The van der Waals surface area contributed by atoms with Gasteiger partial charge in [0.2, 0.25) is 0 Å². The van der Waals surface area contributed by atoms with E-state index in [1.807, 2.05) is 0 Å². The molecule has 0 rings (SSSR count). The number of hydrogen-bond acceptors (Lipinski definition) is 3. The van der Waals surface area contributed by atoms with Gasteiger partial charge >= 0.3 is 6.18 Å². The molecular formula is C8H16F3N3O2S2. The van der Waals surface area contributed by atoms with Gasteiger partial charge in [-0.2, -0.15) is 30.6 Å². The van der Waals surface area contributed by atoms with Gasteiger partial charge in [0.15, 0.2) is 0 Å². The lowest BCUT2D eigenvalue weighted by atomic mass is 10.2. The van der Waals surface area contributed by atoms with Gasteiger partial charge in [-0.25, -0.2) is 0 Å². The molecule has 0 radical (unpaired) electrons. The highest BCUT2D eigenvalue weighted by Crippen LogP contribution is 2.14. The minimum Gasteiger partial charge on any atom is -0.393 e. The van der Waals surface area contributed by atoms with Crippen molar-refractivity contribution in [3.05, 3.63) is 0 Å². The van der Waals surface area contributed by atoms with Crippen LogP contribution in [0.5, 0.6) is 0 Å². The van der Waals surface area contributed by atoms with Crippen LogP contribution in [0, 0.1) is 5.92 Å². The van der Waals surface area contributed by atoms with Crippen LogP contribution in [-0.2, 0) is 10.2 Å². The van der Waals surface area contributed by atoms with Gasteiger partial charge in [0, 0.05) is 19.0 Å². The van der Waals surface area contributed by atoms with E-state index in [1.54, 1.807) is 6.92 Å². The minimum atomic E-state index is -4.60. The molecule has 108 valence electrons. The molecule has 0 aromatic heterocycles. The smallest absolute Gasteiger partial charge is 0.393 e. The van der Waals surface area contributed by atoms with Crippen LogP contribution in [0.2, 0.25) is 0 Å². The second-order valence-corrected chi connectivity index (χ2v) is 5.92. The summed E-state index contributed by atoms with van der Waals surface area (Å²) in [6.07, 6.45) is -4.60. The Bertz CT molecular complexity index is 384. The third-order valence-corrected chi connectivity index (χ3v) is 4.11. The molecule has 0 amide bonds. The lowest BCUT2D eigenvalue weighted by molar-refractivity contribution is -0.121. The molecule has 0 aromatic carbocycles. The third-order valence-electron chi connectivity index (χ3n) is 2.11. The van der Waals surface area contributed by atoms with E-state index < -0.39 is 28.8 Å². The molecule has 18 heavy (non-hydrogen) atoms. The Morgan fingerprint density at radius 1 is 1.50 bits per heavy atom. The van der Waals surface area contributed by atoms with Gasteiger partial charge < -0.3 is 5.73 Å². The first-order valence-electron chi connectivity index (χ1n) is 5.10. The summed E-state index contributed by atoms with van der Waals surface area (Å²) in [5.74, 6) is -0.414. The first-order chi connectivity index (χ1) is 7.99. The van der Waals surface area contributed by atoms with E-state index in [1.165, 1.54) is 11.6 Å². The first kappa shape index (κ1) is 17.6. The predicted molar refractivity (Wildman–Crippen MR) is 66.2 cm³/mol. The van der Waals surface area contributed by atoms with Crippen LogP contribution in [0.3, 0.4) is 0 Å². The van der Waals surface area contributed by atoms with E-state index >= 15 is 0 Å². The van der Waals surface area contributed by atoms with Crippen molar-refractivity contribution in [3.8, 4) is 0 Å². The van der Waals surface area contributed by atoms with Crippen LogP contribution in [0.25, 0.3) is 0 Å². The monoisotopic (exact) mass is 307 g/mol. The molecule has 0 aromatic rings. The fourth-order valence-electron chi connectivity index (χ4n) is 1.06. The van der Waals surface area contributed by atoms with Gasteiger partial charge in [-0.3, -0.25) is 0 Å². The molecular weight excluding hydrogens is 291 g/mol. The van der Waals surface area contributed by atoms with E-state index in [0.717, 1.165) is 4.31 Å². The Morgan fingerprint density at radius 2 is 2.00 bits per heavy atom. The molecule has 0 bridgehead atoms. The van der Waals surface area contributed by atoms with Crippen molar-refractivity contribution in [2.75, 3.05) is 19.6 Å². The van der Waals surface area contributed by atoms with Gasteiger partial charge in [0.1, 0.15) is 6.54 Å². The number of nitrogens with two attached hydrogens (primary N) is 1. The summed E-state index contributed by atoms with van der Waals surface area (Å²) in [4.78, 5) is 0.111. The molecule has 0 fully saturated rings. The highest BCUT2D eigenvalue weighted by Gasteiger charge is 2.32. The molecule has 0 aliphatic rings. The van der Waals surface area contributed by atoms with Gasteiger partial charge in [-0.05, 0) is 0 Å². The van der Waals surface area contributed by atoms with Gasteiger partial charge in [0.05, 0.1) is 4.99 Å². The fourth-order valence-corrected chi connectivity index (χ4v) is 2.42. The zero-order valence-corrected chi connectivity index (χ0v) is 11.6. The van der Waals surface area contributed by atoms with Crippen molar-refractivity contribution in [2.45, 2.75) is 20.0 Å². The number of hydrogen-bond donors (Lipinski definition) is 2. The highest BCUT2D eigenvalue weighted by molar-refractivity contribution is 7.87. The lowest BCUT2D eigenvalue weighted by Gasteiger charge is -2.24. The molecule has 5 nitrogen and oxygen atoms in total. The van der Waals surface area contributed by atoms with Crippen molar-refractivity contribution in [1.29, 1.82) is 0 Å². The van der Waals surface area contributed by atoms with Crippen molar-refractivity contribution >= 4 is 27.4 Å². The topological polar surface area (TPSA) is 75.4 Å². The molecule has 0 saturated heterocycles. The molecule has 10 heteroatoms. The predicted octanol–water partition coefficient (Wildman–Crippen LogP) is 0.627. The summed E-state index contributed by atoms with van der Waals surface area (Å²) in [7, 11) is -4.19. The van der Waals surface area contributed by atoms with E-state index in [-0.39, 0.29) is 18.1 Å². The van der Waals surface area contributed by atoms with Crippen molar-refractivity contribution in [3.63, 3.8) is 0 Å². The maximum Gasteiger partial charge on any atom is 0.402 e. The lowest BCUT2D eigenvalue weighted by Crippen LogP contribution is -2.46. The van der Waals surface area contributed by atoms with Crippen LogP contribution in [-0.4, -0.2) is 43.5 Å². The molecule has 0 heterocycles. The Hall–Kier alpha value is -0.450. The summed E-state index contributed by atoms with van der Waals surface area (Å²) in [6.45, 7) is 1.48. The third kappa shape index (κ3) is 6.47. The Labute approximate surface area is 110 Å². The second kappa shape index (κ2) is 6.64. The summed E-state index contributed by atoms with van der Waals surface area (Å²) in [6, 6.07) is 0. The standard InChI is InChI=1S/C8H16F3N3O2S2/c1-3-14(4-6(2)7(12)17)18(15,16)13-5-8(9,10)11/h6,13H,3-5H2,1-2H3,(H2,12,17). The SMILES string of the molecule is CCN(CC(C)C(N)=S)S(=O)(=O)NCC(F)(F)F. The Kier molecular flexibility index (Phi) is 6.47. The summed E-state index contributed by atoms with van der Waals surface area (Å²) in [5.41, 5.74) is 5.34. The highest BCUT2D eigenvalue weighted by atomic mass is 32.2. The average Bonchev–Trinajstić information content (AvgIpc) is 2.21. The van der Waals surface area contributed by atoms with Gasteiger partial charge in [0.25, 0.3) is 10.2 Å². The van der Waals surface area contributed by atoms with Crippen LogP contribution in [0.4, 0.5) is 13.2 Å². The fraction of sp³-hybridized carbons (Fsp3) is 0.875. The molecule has 0 aliphatic heterocycles. The molecule has 0 spiro atoms. The van der Waals surface area contributed by atoms with Gasteiger partial charge in [-0.1, -0.05) is 26.1 Å². The van der Waals surface area contributed by atoms with Crippen LogP contribution in [0.15, 0.2) is 0 Å². The zero-order valence-electron chi connectivity index (χ0n) is 9.99. The van der Waals surface area contributed by atoms with Crippen LogP contribution in [0.1, 0.15) is 13.8 Å². The number of thiocarbonyl (C=S) groups is 1. The second-order valence-electron chi connectivity index (χ2n) is 3.70. The maximum absolute atomic E-state index is 12.0. The first-order valence-corrected chi connectivity index (χ1v) is 6.95. The molecule has 0 aliphatic carbocycles. The average molecular weight is 307 g/mol. The van der Waals surface area contributed by atoms with Crippen molar-refractivity contribution in [2.24, 2.45) is 11.7 Å². The van der Waals surface area contributed by atoms with E-state index in [2.05, 4.69) is 12.2 Å². The Morgan fingerprint density at radius 3 is 2.33 bits per heavy atom. The largest absolute Gasteiger partial charge is 0.402 e. The number of nitrogens with zero attached hydrogens (tertiary/aromatic N) is 1. The van der Waals surface area contributed by atoms with Crippen molar-refractivity contribution in [1.82, 2.24) is 9.03 Å². The normalized spacial score (nSPS) is 14.8. The van der Waals surface area contributed by atoms with Gasteiger partial charge in [-0.15, -0.1) is 0 Å². The van der Waals surface area contributed by atoms with E-state index in [0.29, 0.717) is 0 Å². The number of nitrogens with one attached hydrogen (secondary N) is 1. The zero-order chi connectivity index (χ0) is 14.6. The molecule has 3 N–H and O–H groups in total. The quantitative estimate of drug-likeness (QED) is 0.676. The summed E-state index contributed by atoms with van der Waals surface area (Å²) < 4.78 is 61.4. The van der Waals surface area contributed by atoms with Crippen molar-refractivity contribution < 1.29 is 21.6 Å².